The summed E-state index contributed by atoms with van der Waals surface area (Å²) in [5, 5.41) is 0. The molecule has 0 saturated heterocycles. The molecule has 1 aromatic carbocycles. The van der Waals surface area contributed by atoms with Crippen molar-refractivity contribution in [2.75, 3.05) is 6.54 Å². The van der Waals surface area contributed by atoms with E-state index >= 15 is 0 Å². The van der Waals surface area contributed by atoms with Gasteiger partial charge in [0.2, 0.25) is 0 Å². The maximum atomic E-state index is 13.9. The third kappa shape index (κ3) is 2.96. The number of hydrogen-bond donors (Lipinski definition) is 1. The number of hydrogen-bond acceptors (Lipinski definition) is 2. The van der Waals surface area contributed by atoms with Crippen LogP contribution >= 0.6 is 0 Å². The van der Waals surface area contributed by atoms with Gasteiger partial charge in [-0.05, 0) is 29.7 Å². The molecule has 0 aliphatic heterocycles. The summed E-state index contributed by atoms with van der Waals surface area (Å²) in [6.45, 7) is 2.14. The Morgan fingerprint density at radius 3 is 2.63 bits per heavy atom. The van der Waals surface area contributed by atoms with E-state index in [9.17, 15) is 8.78 Å². The summed E-state index contributed by atoms with van der Waals surface area (Å²) >= 11 is 0. The third-order valence-corrected chi connectivity index (χ3v) is 3.35. The number of nitrogens with zero attached hydrogens (tertiary/aromatic N) is 1. The highest BCUT2D eigenvalue weighted by Gasteiger charge is 2.28. The van der Waals surface area contributed by atoms with E-state index in [1.54, 1.807) is 12.4 Å². The molecule has 1 aromatic heterocycles. The van der Waals surface area contributed by atoms with Crippen molar-refractivity contribution in [3.8, 4) is 0 Å². The third-order valence-electron chi connectivity index (χ3n) is 3.35. The first-order chi connectivity index (χ1) is 9.05. The molecule has 0 aliphatic carbocycles. The van der Waals surface area contributed by atoms with Gasteiger partial charge in [0.05, 0.1) is 0 Å². The van der Waals surface area contributed by atoms with Gasteiger partial charge < -0.3 is 5.73 Å². The van der Waals surface area contributed by atoms with Crippen LogP contribution < -0.4 is 5.73 Å². The van der Waals surface area contributed by atoms with Gasteiger partial charge in [-0.2, -0.15) is 0 Å². The first kappa shape index (κ1) is 13.6. The Balaban J connectivity index is 2.36. The molecule has 100 valence electrons. The summed E-state index contributed by atoms with van der Waals surface area (Å²) in [4.78, 5) is 4.04. The maximum absolute atomic E-state index is 13.9. The van der Waals surface area contributed by atoms with E-state index in [0.717, 1.165) is 11.6 Å². The van der Waals surface area contributed by atoms with Crippen molar-refractivity contribution in [3.05, 3.63) is 65.5 Å². The molecule has 4 heteroatoms. The summed E-state index contributed by atoms with van der Waals surface area (Å²) in [7, 11) is 0. The molecule has 2 rings (SSSR count). The molecule has 1 heterocycles. The van der Waals surface area contributed by atoms with Crippen LogP contribution in [-0.2, 0) is 11.8 Å². The van der Waals surface area contributed by atoms with Gasteiger partial charge in [-0.1, -0.05) is 19.1 Å². The fraction of sp³-hybridized carbons (Fsp3) is 0.267. The molecule has 0 fully saturated rings. The smallest absolute Gasteiger partial charge is 0.129 e. The van der Waals surface area contributed by atoms with Crippen molar-refractivity contribution in [3.63, 3.8) is 0 Å². The quantitative estimate of drug-likeness (QED) is 0.920. The lowest BCUT2D eigenvalue weighted by molar-refractivity contribution is 0.446. The van der Waals surface area contributed by atoms with Crippen LogP contribution in [0.5, 0.6) is 0 Å². The van der Waals surface area contributed by atoms with Gasteiger partial charge in [0.25, 0.3) is 0 Å². The molecule has 0 radical (unpaired) electrons. The maximum Gasteiger partial charge on any atom is 0.129 e. The van der Waals surface area contributed by atoms with Crippen LogP contribution in [0.25, 0.3) is 0 Å². The first-order valence-corrected chi connectivity index (χ1v) is 6.10. The average Bonchev–Trinajstić information content (AvgIpc) is 2.39. The van der Waals surface area contributed by atoms with Gasteiger partial charge in [-0.15, -0.1) is 0 Å². The van der Waals surface area contributed by atoms with E-state index in [2.05, 4.69) is 4.98 Å². The van der Waals surface area contributed by atoms with Gasteiger partial charge >= 0.3 is 0 Å². The number of halogens is 2. The van der Waals surface area contributed by atoms with E-state index in [1.165, 1.54) is 12.1 Å². The van der Waals surface area contributed by atoms with Crippen molar-refractivity contribution >= 4 is 0 Å². The average molecular weight is 262 g/mol. The highest BCUT2D eigenvalue weighted by molar-refractivity contribution is 5.30. The van der Waals surface area contributed by atoms with Crippen LogP contribution in [0.3, 0.4) is 0 Å². The Bertz CT molecular complexity index is 557. The molecule has 0 spiro atoms. The van der Waals surface area contributed by atoms with E-state index in [0.29, 0.717) is 12.0 Å². The molecule has 1 atom stereocenters. The number of benzene rings is 1. The van der Waals surface area contributed by atoms with Gasteiger partial charge in [0.1, 0.15) is 11.6 Å². The minimum absolute atomic E-state index is 0.268. The molecule has 2 aromatic rings. The topological polar surface area (TPSA) is 38.9 Å². The molecule has 2 nitrogen and oxygen atoms in total. The monoisotopic (exact) mass is 262 g/mol. The van der Waals surface area contributed by atoms with Crippen molar-refractivity contribution in [1.29, 1.82) is 0 Å². The van der Waals surface area contributed by atoms with Crippen molar-refractivity contribution in [2.45, 2.75) is 18.8 Å². The largest absolute Gasteiger partial charge is 0.330 e. The summed E-state index contributed by atoms with van der Waals surface area (Å²) < 4.78 is 26.9. The Labute approximate surface area is 111 Å². The van der Waals surface area contributed by atoms with Gasteiger partial charge in [-0.25, -0.2) is 8.78 Å². The van der Waals surface area contributed by atoms with Gasteiger partial charge in [-0.3, -0.25) is 4.98 Å². The zero-order valence-electron chi connectivity index (χ0n) is 10.7. The lowest BCUT2D eigenvalue weighted by atomic mass is 9.77. The standard InChI is InChI=1S/C15H16F2N2/c1-15(10-18,8-11-3-2-6-19-9-11)13-5-4-12(16)7-14(13)17/h2-7,9H,8,10,18H2,1H3. The molecule has 2 N–H and O–H groups in total. The SMILES string of the molecule is CC(CN)(Cc1cccnc1)c1ccc(F)cc1F. The Morgan fingerprint density at radius 2 is 2.05 bits per heavy atom. The van der Waals surface area contributed by atoms with E-state index in [-0.39, 0.29) is 6.54 Å². The number of nitrogens with two attached hydrogens (primary N) is 1. The summed E-state index contributed by atoms with van der Waals surface area (Å²) in [6, 6.07) is 7.37. The van der Waals surface area contributed by atoms with Crippen LogP contribution in [0.4, 0.5) is 8.78 Å². The van der Waals surface area contributed by atoms with Crippen LogP contribution in [0.1, 0.15) is 18.1 Å². The van der Waals surface area contributed by atoms with Crippen molar-refractivity contribution in [1.82, 2.24) is 4.98 Å². The van der Waals surface area contributed by atoms with E-state index in [1.807, 2.05) is 19.1 Å². The summed E-state index contributed by atoms with van der Waals surface area (Å²) in [6.07, 6.45) is 3.97. The lowest BCUT2D eigenvalue weighted by Gasteiger charge is -2.29. The molecule has 0 saturated carbocycles. The lowest BCUT2D eigenvalue weighted by Crippen LogP contribution is -2.35. The molecule has 19 heavy (non-hydrogen) atoms. The fourth-order valence-corrected chi connectivity index (χ4v) is 2.21. The van der Waals surface area contributed by atoms with Crippen LogP contribution in [0.15, 0.2) is 42.7 Å². The molecule has 0 aliphatic rings. The second-order valence-corrected chi connectivity index (χ2v) is 4.93. The molecular formula is C15H16F2N2. The van der Waals surface area contributed by atoms with Crippen LogP contribution in [-0.4, -0.2) is 11.5 Å². The molecule has 1 unspecified atom stereocenters. The van der Waals surface area contributed by atoms with Gasteiger partial charge in [0.15, 0.2) is 0 Å². The van der Waals surface area contributed by atoms with E-state index < -0.39 is 17.0 Å². The fourth-order valence-electron chi connectivity index (χ4n) is 2.21. The molecule has 0 amide bonds. The number of aromatic nitrogens is 1. The van der Waals surface area contributed by atoms with Crippen LogP contribution in [0, 0.1) is 11.6 Å². The predicted octanol–water partition coefficient (Wildman–Crippen LogP) is 2.82. The summed E-state index contributed by atoms with van der Waals surface area (Å²) in [5.41, 5.74) is 6.63. The summed E-state index contributed by atoms with van der Waals surface area (Å²) in [5.74, 6) is -1.14. The number of rotatable bonds is 4. The van der Waals surface area contributed by atoms with Crippen molar-refractivity contribution < 1.29 is 8.78 Å². The van der Waals surface area contributed by atoms with Crippen molar-refractivity contribution in [2.24, 2.45) is 5.73 Å². The Morgan fingerprint density at radius 1 is 1.26 bits per heavy atom. The highest BCUT2D eigenvalue weighted by atomic mass is 19.1. The Hall–Kier alpha value is -1.81. The zero-order chi connectivity index (χ0) is 13.9. The molecule has 0 bridgehead atoms. The second kappa shape index (κ2) is 5.45. The van der Waals surface area contributed by atoms with Gasteiger partial charge in [0, 0.05) is 30.4 Å². The minimum atomic E-state index is -0.583. The highest BCUT2D eigenvalue weighted by Crippen LogP contribution is 2.29. The second-order valence-electron chi connectivity index (χ2n) is 4.93. The predicted molar refractivity (Wildman–Crippen MR) is 70.7 cm³/mol. The minimum Gasteiger partial charge on any atom is -0.330 e. The Kier molecular flexibility index (Phi) is 3.90. The zero-order valence-corrected chi connectivity index (χ0v) is 10.7. The number of pyridine rings is 1. The first-order valence-electron chi connectivity index (χ1n) is 6.10. The van der Waals surface area contributed by atoms with E-state index in [4.69, 9.17) is 5.73 Å². The van der Waals surface area contributed by atoms with Crippen LogP contribution in [0.2, 0.25) is 0 Å². The normalized spacial score (nSPS) is 14.1. The molecular weight excluding hydrogens is 246 g/mol.